The number of aryl methyl sites for hydroxylation is 1. The molecule has 0 bridgehead atoms. The van der Waals surface area contributed by atoms with E-state index in [1.807, 2.05) is 32.1 Å². The van der Waals surface area contributed by atoms with Gasteiger partial charge in [0.25, 0.3) is 5.56 Å². The first-order chi connectivity index (χ1) is 14.8. The second kappa shape index (κ2) is 8.43. The number of aromatic nitrogens is 2. The fraction of sp³-hybridized carbons (Fsp3) is 0.261. The molecule has 0 N–H and O–H groups in total. The third kappa shape index (κ3) is 3.97. The topological polar surface area (TPSA) is 65.6 Å². The van der Waals surface area contributed by atoms with E-state index in [2.05, 4.69) is 43.7 Å². The number of carbonyl (C=O) groups is 1. The molecule has 0 saturated heterocycles. The van der Waals surface area contributed by atoms with Crippen molar-refractivity contribution in [3.05, 3.63) is 82.7 Å². The first kappa shape index (κ1) is 21.5. The number of allylic oxidation sites excluding steroid dienone is 1. The predicted octanol–water partition coefficient (Wildman–Crippen LogP) is 3.38. The first-order valence-corrected chi connectivity index (χ1v) is 11.5. The number of nitrogens with zero attached hydrogens (tertiary/aromatic N) is 3. The number of hydrogen-bond acceptors (Lipinski definition) is 5. The van der Waals surface area contributed by atoms with Gasteiger partial charge in [-0.3, -0.25) is 9.36 Å². The lowest BCUT2D eigenvalue weighted by Crippen LogP contribution is -2.35. The van der Waals surface area contributed by atoms with E-state index >= 15 is 0 Å². The summed E-state index contributed by atoms with van der Waals surface area (Å²) in [7, 11) is 0. The lowest BCUT2D eigenvalue weighted by Gasteiger charge is -2.12. The van der Waals surface area contributed by atoms with Crippen molar-refractivity contribution >= 4 is 39.3 Å². The number of hydrogen-bond donors (Lipinski definition) is 0. The highest BCUT2D eigenvalue weighted by Crippen LogP contribution is 2.23. The number of esters is 1. The molecule has 0 radical (unpaired) electrons. The van der Waals surface area contributed by atoms with E-state index in [0.29, 0.717) is 20.6 Å². The molecule has 0 fully saturated rings. The Bertz CT molecular complexity index is 1390. The quantitative estimate of drug-likeness (QED) is 0.516. The van der Waals surface area contributed by atoms with Crippen molar-refractivity contribution in [2.75, 3.05) is 6.61 Å². The van der Waals surface area contributed by atoms with Crippen LogP contribution < -0.4 is 14.9 Å². The monoisotopic (exact) mass is 499 g/mol. The summed E-state index contributed by atoms with van der Waals surface area (Å²) >= 11 is 4.81. The number of rotatable bonds is 4. The van der Waals surface area contributed by atoms with Gasteiger partial charge in [0.05, 0.1) is 29.0 Å². The lowest BCUT2D eigenvalue weighted by atomic mass is 10.2. The molecule has 0 spiro atoms. The van der Waals surface area contributed by atoms with Crippen LogP contribution in [0.5, 0.6) is 0 Å². The Morgan fingerprint density at radius 3 is 2.65 bits per heavy atom. The maximum absolute atomic E-state index is 13.1. The summed E-state index contributed by atoms with van der Waals surface area (Å²) in [6.07, 6.45) is 1.91. The summed E-state index contributed by atoms with van der Waals surface area (Å²) in [4.78, 5) is 30.3. The summed E-state index contributed by atoms with van der Waals surface area (Å²) in [5.41, 5.74) is 5.05. The van der Waals surface area contributed by atoms with Gasteiger partial charge in [0.15, 0.2) is 4.80 Å². The highest BCUT2D eigenvalue weighted by Gasteiger charge is 2.21. The number of thiazole rings is 1. The van der Waals surface area contributed by atoms with E-state index in [9.17, 15) is 9.59 Å². The molecule has 0 aliphatic carbocycles. The van der Waals surface area contributed by atoms with E-state index in [1.165, 1.54) is 11.3 Å². The number of ether oxygens (including phenoxy) is 1. The van der Waals surface area contributed by atoms with Crippen LogP contribution in [0.25, 0.3) is 11.8 Å². The van der Waals surface area contributed by atoms with Crippen molar-refractivity contribution in [2.45, 2.75) is 34.2 Å². The highest BCUT2D eigenvalue weighted by molar-refractivity contribution is 9.10. The Labute approximate surface area is 191 Å². The fourth-order valence-electron chi connectivity index (χ4n) is 3.71. The standard InChI is InChI=1S/C23H22BrN3O3S/c1-5-30-22(29)19-12-26-21(28)20(31-23(26)25-14(19)3)11-16-10-13(2)27(15(16)4)18-8-6-17(24)7-9-18/h6-11H,5,12H2,1-4H3/b20-11-. The van der Waals surface area contributed by atoms with Crippen molar-refractivity contribution in [1.82, 2.24) is 9.13 Å². The van der Waals surface area contributed by atoms with Crippen molar-refractivity contribution in [1.29, 1.82) is 0 Å². The molecule has 0 amide bonds. The van der Waals surface area contributed by atoms with Gasteiger partial charge in [0.2, 0.25) is 0 Å². The van der Waals surface area contributed by atoms with Gasteiger partial charge >= 0.3 is 5.97 Å². The largest absolute Gasteiger partial charge is 0.463 e. The molecular weight excluding hydrogens is 478 g/mol. The third-order valence-corrected chi connectivity index (χ3v) is 6.80. The van der Waals surface area contributed by atoms with Crippen LogP contribution >= 0.6 is 27.3 Å². The second-order valence-corrected chi connectivity index (χ2v) is 9.24. The van der Waals surface area contributed by atoms with E-state index < -0.39 is 5.97 Å². The highest BCUT2D eigenvalue weighted by atomic mass is 79.9. The van der Waals surface area contributed by atoms with Gasteiger partial charge in [-0.05, 0) is 69.7 Å². The van der Waals surface area contributed by atoms with Gasteiger partial charge < -0.3 is 9.30 Å². The molecule has 0 saturated carbocycles. The molecule has 6 nitrogen and oxygen atoms in total. The van der Waals surface area contributed by atoms with Crippen LogP contribution in [-0.2, 0) is 16.1 Å². The van der Waals surface area contributed by atoms with E-state index in [-0.39, 0.29) is 18.7 Å². The predicted molar refractivity (Wildman–Crippen MR) is 125 cm³/mol. The van der Waals surface area contributed by atoms with Gasteiger partial charge in [-0.15, -0.1) is 0 Å². The minimum atomic E-state index is -0.420. The maximum Gasteiger partial charge on any atom is 0.337 e. The van der Waals surface area contributed by atoms with Crippen LogP contribution in [-0.4, -0.2) is 21.7 Å². The van der Waals surface area contributed by atoms with Gasteiger partial charge in [-0.1, -0.05) is 27.3 Å². The number of carbonyl (C=O) groups excluding carboxylic acids is 1. The van der Waals surface area contributed by atoms with E-state index in [0.717, 1.165) is 27.1 Å². The Morgan fingerprint density at radius 1 is 1.26 bits per heavy atom. The molecule has 0 unspecified atom stereocenters. The van der Waals surface area contributed by atoms with Crippen LogP contribution in [0.2, 0.25) is 0 Å². The van der Waals surface area contributed by atoms with Crippen molar-refractivity contribution in [2.24, 2.45) is 4.99 Å². The summed E-state index contributed by atoms with van der Waals surface area (Å²) in [5, 5.41) is 0. The number of fused-ring (bicyclic) bond motifs is 1. The Balaban J connectivity index is 1.77. The smallest absolute Gasteiger partial charge is 0.337 e. The van der Waals surface area contributed by atoms with Crippen molar-refractivity contribution in [3.8, 4) is 5.69 Å². The van der Waals surface area contributed by atoms with Crippen molar-refractivity contribution < 1.29 is 9.53 Å². The van der Waals surface area contributed by atoms with Crippen LogP contribution in [0.15, 0.2) is 55.9 Å². The number of benzene rings is 1. The molecule has 1 aromatic carbocycles. The summed E-state index contributed by atoms with van der Waals surface area (Å²) in [6.45, 7) is 8.09. The molecular formula is C23H22BrN3O3S. The zero-order valence-electron chi connectivity index (χ0n) is 17.7. The second-order valence-electron chi connectivity index (χ2n) is 7.32. The minimum absolute atomic E-state index is 0.147. The summed E-state index contributed by atoms with van der Waals surface area (Å²) in [5.74, 6) is -0.420. The van der Waals surface area contributed by atoms with Crippen LogP contribution in [0, 0.1) is 13.8 Å². The van der Waals surface area contributed by atoms with Crippen LogP contribution in [0.3, 0.4) is 0 Å². The summed E-state index contributed by atoms with van der Waals surface area (Å²) < 4.78 is 10.4. The third-order valence-electron chi connectivity index (χ3n) is 5.27. The Hall–Kier alpha value is -2.71. The SMILES string of the molecule is CCOC(=O)C1=C(C)N=c2s/c(=C\c3cc(C)n(-c4ccc(Br)cc4)c3C)c(=O)n2C1. The van der Waals surface area contributed by atoms with Crippen LogP contribution in [0.4, 0.5) is 0 Å². The first-order valence-electron chi connectivity index (χ1n) is 9.92. The van der Waals surface area contributed by atoms with Gasteiger partial charge in [-0.25, -0.2) is 9.79 Å². The Morgan fingerprint density at radius 2 is 1.97 bits per heavy atom. The summed E-state index contributed by atoms with van der Waals surface area (Å²) in [6, 6.07) is 10.2. The molecule has 31 heavy (non-hydrogen) atoms. The molecule has 2 aromatic heterocycles. The molecule has 1 aliphatic heterocycles. The van der Waals surface area contributed by atoms with Gasteiger partial charge in [0.1, 0.15) is 0 Å². The molecule has 4 rings (SSSR count). The van der Waals surface area contributed by atoms with Crippen molar-refractivity contribution in [3.63, 3.8) is 0 Å². The van der Waals surface area contributed by atoms with E-state index in [1.54, 1.807) is 18.4 Å². The maximum atomic E-state index is 13.1. The molecule has 160 valence electrons. The molecule has 3 aromatic rings. The molecule has 0 atom stereocenters. The normalized spacial score (nSPS) is 13.9. The van der Waals surface area contributed by atoms with Gasteiger partial charge in [-0.2, -0.15) is 0 Å². The molecule has 3 heterocycles. The zero-order chi connectivity index (χ0) is 22.3. The molecule has 8 heteroatoms. The fourth-order valence-corrected chi connectivity index (χ4v) is 4.99. The molecule has 1 aliphatic rings. The lowest BCUT2D eigenvalue weighted by molar-refractivity contribution is -0.138. The van der Waals surface area contributed by atoms with Crippen LogP contribution in [0.1, 0.15) is 30.8 Å². The zero-order valence-corrected chi connectivity index (χ0v) is 20.1. The Kier molecular flexibility index (Phi) is 5.85. The minimum Gasteiger partial charge on any atom is -0.463 e. The van der Waals surface area contributed by atoms with E-state index in [4.69, 9.17) is 4.74 Å². The average Bonchev–Trinajstić information content (AvgIpc) is 3.17. The number of halogens is 1. The van der Waals surface area contributed by atoms with Gasteiger partial charge in [0, 0.05) is 21.5 Å². The average molecular weight is 500 g/mol.